The van der Waals surface area contributed by atoms with E-state index in [4.69, 9.17) is 13.9 Å². The molecule has 1 aromatic heterocycles. The summed E-state index contributed by atoms with van der Waals surface area (Å²) in [6.45, 7) is 0.182. The number of aromatic nitrogens is 2. The van der Waals surface area contributed by atoms with Gasteiger partial charge in [0.15, 0.2) is 21.3 Å². The molecule has 0 bridgehead atoms. The van der Waals surface area contributed by atoms with Crippen molar-refractivity contribution in [3.05, 3.63) is 18.2 Å². The monoisotopic (exact) mass is 411 g/mol. The summed E-state index contributed by atoms with van der Waals surface area (Å²) < 4.78 is 39.3. The van der Waals surface area contributed by atoms with Gasteiger partial charge in [-0.15, -0.1) is 10.2 Å². The number of rotatable bonds is 5. The number of thioether (sulfide) groups is 1. The van der Waals surface area contributed by atoms with E-state index in [0.29, 0.717) is 29.4 Å². The van der Waals surface area contributed by atoms with Crippen LogP contribution in [0.4, 0.5) is 0 Å². The van der Waals surface area contributed by atoms with Crippen LogP contribution in [0.5, 0.6) is 11.5 Å². The van der Waals surface area contributed by atoms with Crippen LogP contribution in [0.1, 0.15) is 6.42 Å². The molecule has 2 aliphatic heterocycles. The molecule has 0 radical (unpaired) electrons. The van der Waals surface area contributed by atoms with Crippen LogP contribution >= 0.6 is 11.8 Å². The van der Waals surface area contributed by atoms with Gasteiger partial charge in [0.1, 0.15) is 0 Å². The summed E-state index contributed by atoms with van der Waals surface area (Å²) in [6.07, 6.45) is 0.476. The zero-order chi connectivity index (χ0) is 19.0. The lowest BCUT2D eigenvalue weighted by Gasteiger charge is -2.22. The van der Waals surface area contributed by atoms with E-state index in [1.54, 1.807) is 25.2 Å². The van der Waals surface area contributed by atoms with Crippen molar-refractivity contribution in [1.82, 2.24) is 15.1 Å². The first kappa shape index (κ1) is 18.1. The molecule has 0 spiro atoms. The minimum Gasteiger partial charge on any atom is -0.454 e. The van der Waals surface area contributed by atoms with Crippen molar-refractivity contribution in [3.8, 4) is 23.0 Å². The van der Waals surface area contributed by atoms with Crippen LogP contribution < -0.4 is 9.47 Å². The minimum absolute atomic E-state index is 0.0225. The van der Waals surface area contributed by atoms with Gasteiger partial charge in [0.2, 0.25) is 18.6 Å². The first-order valence-corrected chi connectivity index (χ1v) is 11.0. The van der Waals surface area contributed by atoms with Crippen molar-refractivity contribution in [2.45, 2.75) is 17.7 Å². The molecule has 1 amide bonds. The number of carbonyl (C=O) groups is 1. The zero-order valence-corrected chi connectivity index (χ0v) is 16.1. The van der Waals surface area contributed by atoms with Crippen molar-refractivity contribution in [2.24, 2.45) is 0 Å². The first-order valence-electron chi connectivity index (χ1n) is 8.24. The average molecular weight is 411 g/mol. The molecule has 1 atom stereocenters. The Morgan fingerprint density at radius 1 is 1.30 bits per heavy atom. The molecule has 144 valence electrons. The van der Waals surface area contributed by atoms with E-state index in [1.807, 2.05) is 0 Å². The van der Waals surface area contributed by atoms with E-state index in [-0.39, 0.29) is 41.2 Å². The predicted molar refractivity (Wildman–Crippen MR) is 96.4 cm³/mol. The van der Waals surface area contributed by atoms with Gasteiger partial charge >= 0.3 is 0 Å². The number of ether oxygens (including phenoxy) is 2. The Labute approximate surface area is 159 Å². The fourth-order valence-electron chi connectivity index (χ4n) is 2.92. The zero-order valence-electron chi connectivity index (χ0n) is 14.5. The highest BCUT2D eigenvalue weighted by Crippen LogP contribution is 2.36. The molecule has 1 fully saturated rings. The van der Waals surface area contributed by atoms with Crippen molar-refractivity contribution < 1.29 is 27.1 Å². The summed E-state index contributed by atoms with van der Waals surface area (Å²) in [6, 6.07) is 5.04. The van der Waals surface area contributed by atoms with Gasteiger partial charge in [0.05, 0.1) is 17.3 Å². The number of hydrogen-bond donors (Lipinski definition) is 0. The van der Waals surface area contributed by atoms with Gasteiger partial charge in [-0.1, -0.05) is 11.8 Å². The standard InChI is InChI=1S/C16H17N3O6S2/c1-19(11-4-5-27(21,22)8-11)14(20)7-26-16-18-17-15(25-16)10-2-3-12-13(6-10)24-9-23-12/h2-3,6,11H,4-5,7-9H2,1H3/t11-/m0/s1. The van der Waals surface area contributed by atoms with Gasteiger partial charge in [-0.3, -0.25) is 4.79 Å². The summed E-state index contributed by atoms with van der Waals surface area (Å²) >= 11 is 1.12. The molecule has 0 unspecified atom stereocenters. The van der Waals surface area contributed by atoms with E-state index in [1.165, 1.54) is 4.90 Å². The number of carbonyl (C=O) groups excluding carboxylic acids is 1. The Morgan fingerprint density at radius 2 is 2.11 bits per heavy atom. The van der Waals surface area contributed by atoms with Gasteiger partial charge in [-0.25, -0.2) is 8.42 Å². The number of nitrogens with zero attached hydrogens (tertiary/aromatic N) is 3. The normalized spacial score (nSPS) is 20.0. The molecular weight excluding hydrogens is 394 g/mol. The van der Waals surface area contributed by atoms with E-state index in [2.05, 4.69) is 10.2 Å². The second kappa shape index (κ2) is 7.04. The molecule has 9 nitrogen and oxygen atoms in total. The summed E-state index contributed by atoms with van der Waals surface area (Å²) in [4.78, 5) is 13.8. The van der Waals surface area contributed by atoms with Crippen LogP contribution in [0.3, 0.4) is 0 Å². The highest BCUT2D eigenvalue weighted by Gasteiger charge is 2.32. The maximum Gasteiger partial charge on any atom is 0.277 e. The van der Waals surface area contributed by atoms with Crippen molar-refractivity contribution in [2.75, 3.05) is 31.1 Å². The Balaban J connectivity index is 1.36. The second-order valence-corrected chi connectivity index (χ2v) is 9.45. The van der Waals surface area contributed by atoms with Crippen LogP contribution in [-0.4, -0.2) is 66.6 Å². The van der Waals surface area contributed by atoms with E-state index < -0.39 is 9.84 Å². The second-order valence-electron chi connectivity index (χ2n) is 6.29. The Morgan fingerprint density at radius 3 is 2.89 bits per heavy atom. The summed E-state index contributed by atoms with van der Waals surface area (Å²) in [7, 11) is -1.41. The summed E-state index contributed by atoms with van der Waals surface area (Å²) in [5.74, 6) is 1.66. The quantitative estimate of drug-likeness (QED) is 0.670. The highest BCUT2D eigenvalue weighted by atomic mass is 32.2. The van der Waals surface area contributed by atoms with E-state index in [0.717, 1.165) is 11.8 Å². The average Bonchev–Trinajstić information content (AvgIpc) is 3.37. The first-order chi connectivity index (χ1) is 12.9. The van der Waals surface area contributed by atoms with Crippen molar-refractivity contribution >= 4 is 27.5 Å². The van der Waals surface area contributed by atoms with Crippen LogP contribution in [0, 0.1) is 0 Å². The largest absolute Gasteiger partial charge is 0.454 e. The Kier molecular flexibility index (Phi) is 4.72. The molecule has 1 aromatic carbocycles. The molecule has 2 aromatic rings. The lowest BCUT2D eigenvalue weighted by Crippen LogP contribution is -2.38. The van der Waals surface area contributed by atoms with Crippen molar-refractivity contribution in [3.63, 3.8) is 0 Å². The number of hydrogen-bond acceptors (Lipinski definition) is 9. The molecule has 0 N–H and O–H groups in total. The highest BCUT2D eigenvalue weighted by molar-refractivity contribution is 7.99. The third-order valence-electron chi connectivity index (χ3n) is 4.49. The van der Waals surface area contributed by atoms with Crippen molar-refractivity contribution in [1.29, 1.82) is 0 Å². The lowest BCUT2D eigenvalue weighted by atomic mass is 10.2. The number of sulfone groups is 1. The van der Waals surface area contributed by atoms with Gasteiger partial charge in [0, 0.05) is 18.7 Å². The Hall–Kier alpha value is -2.27. The van der Waals surface area contributed by atoms with Crippen LogP contribution in [-0.2, 0) is 14.6 Å². The number of fused-ring (bicyclic) bond motifs is 1. The van der Waals surface area contributed by atoms with Gasteiger partial charge in [-0.05, 0) is 24.6 Å². The molecule has 0 saturated carbocycles. The topological polar surface area (TPSA) is 112 Å². The van der Waals surface area contributed by atoms with Crippen LogP contribution in [0.25, 0.3) is 11.5 Å². The van der Waals surface area contributed by atoms with Crippen LogP contribution in [0.15, 0.2) is 27.8 Å². The molecule has 3 heterocycles. The van der Waals surface area contributed by atoms with E-state index >= 15 is 0 Å². The predicted octanol–water partition coefficient (Wildman–Crippen LogP) is 1.20. The molecule has 2 aliphatic rings. The molecule has 27 heavy (non-hydrogen) atoms. The van der Waals surface area contributed by atoms with E-state index in [9.17, 15) is 13.2 Å². The fraction of sp³-hybridized carbons (Fsp3) is 0.438. The molecule has 1 saturated heterocycles. The summed E-state index contributed by atoms with van der Waals surface area (Å²) in [5.41, 5.74) is 0.693. The van der Waals surface area contributed by atoms with Gasteiger partial charge < -0.3 is 18.8 Å². The van der Waals surface area contributed by atoms with Gasteiger partial charge in [0.25, 0.3) is 5.22 Å². The minimum atomic E-state index is -3.03. The Bertz CT molecular complexity index is 974. The summed E-state index contributed by atoms with van der Waals surface area (Å²) in [5, 5.41) is 8.21. The molecular formula is C16H17N3O6S2. The number of benzene rings is 1. The molecule has 4 rings (SSSR count). The SMILES string of the molecule is CN(C(=O)CSc1nnc(-c2ccc3c(c2)OCO3)o1)[C@H]1CCS(=O)(=O)C1. The van der Waals surface area contributed by atoms with Crippen LogP contribution in [0.2, 0.25) is 0 Å². The molecule has 0 aliphatic carbocycles. The third kappa shape index (κ3) is 3.88. The lowest BCUT2D eigenvalue weighted by molar-refractivity contribution is -0.128. The maximum atomic E-state index is 12.3. The smallest absolute Gasteiger partial charge is 0.277 e. The molecule has 11 heteroatoms. The number of amides is 1. The maximum absolute atomic E-state index is 12.3. The third-order valence-corrected chi connectivity index (χ3v) is 7.05. The van der Waals surface area contributed by atoms with Gasteiger partial charge in [-0.2, -0.15) is 0 Å². The fourth-order valence-corrected chi connectivity index (χ4v) is 5.39.